The maximum absolute atomic E-state index is 13.4. The van der Waals surface area contributed by atoms with Crippen LogP contribution in [0.25, 0.3) is 11.1 Å². The van der Waals surface area contributed by atoms with Crippen LogP contribution >= 0.6 is 0 Å². The SMILES string of the molecule is CCOC(=O)N1C2CCC1CC(N1CCC(c3cc(-c4ccc(C(C)(C)C#N)cc4)ccc3OC)CC1)C2.COc1cc(F)ccc1C1CCN([C@@H]2C[C@H]3CC[C@H]2C3)CC1.COc1ccccc1C1CCN(C2CC(C)CC(C)C2)CC1.FC(F)(F)c1ccccc1C1CCN(C2C[C@H]3CC[C@H]2C3)CC1. The van der Waals surface area contributed by atoms with Crippen LogP contribution in [0.4, 0.5) is 22.4 Å². The van der Waals surface area contributed by atoms with Gasteiger partial charge in [0, 0.05) is 42.3 Å². The topological polar surface area (TPSA) is 94.0 Å². The molecular weight excluding hydrogens is 1320 g/mol. The minimum atomic E-state index is -4.24. The van der Waals surface area contributed by atoms with E-state index in [0.29, 0.717) is 54.1 Å². The van der Waals surface area contributed by atoms with Crippen molar-refractivity contribution in [2.75, 3.05) is 80.3 Å². The van der Waals surface area contributed by atoms with Gasteiger partial charge in [0.05, 0.1) is 45.0 Å². The smallest absolute Gasteiger partial charge is 0.416 e. The number of piperidine rings is 5. The van der Waals surface area contributed by atoms with Gasteiger partial charge in [-0.2, -0.15) is 18.4 Å². The summed E-state index contributed by atoms with van der Waals surface area (Å²) in [4.78, 5) is 25.3. The monoisotopic (exact) mass is 1440 g/mol. The van der Waals surface area contributed by atoms with E-state index in [1.165, 1.54) is 163 Å². The molecule has 570 valence electrons. The molecule has 5 aromatic rings. The van der Waals surface area contributed by atoms with Crippen LogP contribution in [0.2, 0.25) is 0 Å². The van der Waals surface area contributed by atoms with Gasteiger partial charge in [-0.1, -0.05) is 99.5 Å². The lowest BCUT2D eigenvalue weighted by molar-refractivity contribution is -0.138. The van der Waals surface area contributed by atoms with Crippen LogP contribution in [0.15, 0.2) is 109 Å². The number of amides is 1. The number of halogens is 4. The third-order valence-corrected chi connectivity index (χ3v) is 27.6. The van der Waals surface area contributed by atoms with Crippen molar-refractivity contribution in [3.8, 4) is 34.4 Å². The lowest BCUT2D eigenvalue weighted by Crippen LogP contribution is -2.53. The molecule has 6 aliphatic heterocycles. The highest BCUT2D eigenvalue weighted by Gasteiger charge is 2.48. The number of alkyl halides is 3. The molecule has 0 aromatic heterocycles. The molecule has 15 heteroatoms. The zero-order valence-electron chi connectivity index (χ0n) is 64.5. The summed E-state index contributed by atoms with van der Waals surface area (Å²) in [5, 5.41) is 9.47. The summed E-state index contributed by atoms with van der Waals surface area (Å²) in [5.41, 5.74) is 6.86. The van der Waals surface area contributed by atoms with E-state index in [1.807, 2.05) is 31.7 Å². The Morgan fingerprint density at radius 2 is 0.924 bits per heavy atom. The van der Waals surface area contributed by atoms with Gasteiger partial charge in [0.15, 0.2) is 0 Å². The molecule has 6 heterocycles. The number of benzene rings is 5. The summed E-state index contributed by atoms with van der Waals surface area (Å²) >= 11 is 0. The molecule has 5 aromatic carbocycles. The third kappa shape index (κ3) is 18.1. The van der Waals surface area contributed by atoms with Crippen molar-refractivity contribution >= 4 is 6.09 Å². The maximum Gasteiger partial charge on any atom is 0.416 e. The third-order valence-electron chi connectivity index (χ3n) is 27.6. The zero-order chi connectivity index (χ0) is 73.5. The Bertz CT molecular complexity index is 3650. The number of hydrogen-bond donors (Lipinski definition) is 0. The van der Waals surface area contributed by atoms with Gasteiger partial charge in [-0.3, -0.25) is 0 Å². The number of para-hydroxylation sites is 1. The molecule has 11 nitrogen and oxygen atoms in total. The quantitative estimate of drug-likeness (QED) is 0.100. The Kier molecular flexibility index (Phi) is 25.4. The molecule has 0 spiro atoms. The van der Waals surface area contributed by atoms with E-state index in [4.69, 9.17) is 18.9 Å². The Morgan fingerprint density at radius 3 is 1.41 bits per heavy atom. The molecule has 11 aliphatic rings. The number of nitriles is 1. The van der Waals surface area contributed by atoms with Crippen molar-refractivity contribution in [3.63, 3.8) is 0 Å². The van der Waals surface area contributed by atoms with Gasteiger partial charge in [0.2, 0.25) is 0 Å². The summed E-state index contributed by atoms with van der Waals surface area (Å²) in [5.74, 6) is 9.85. The Labute approximate surface area is 626 Å². The normalized spacial score (nSPS) is 29.2. The summed E-state index contributed by atoms with van der Waals surface area (Å²) < 4.78 is 75.1. The minimum Gasteiger partial charge on any atom is -0.496 e. The van der Waals surface area contributed by atoms with Crippen LogP contribution in [-0.4, -0.2) is 147 Å². The van der Waals surface area contributed by atoms with Crippen molar-refractivity contribution in [2.24, 2.45) is 35.5 Å². The molecule has 5 aliphatic carbocycles. The number of nitrogens with zero attached hydrogens (tertiary/aromatic N) is 6. The van der Waals surface area contributed by atoms with Gasteiger partial charge in [-0.25, -0.2) is 9.18 Å². The Hall–Kier alpha value is -6.18. The molecule has 16 rings (SSSR count). The van der Waals surface area contributed by atoms with Gasteiger partial charge < -0.3 is 43.4 Å². The Morgan fingerprint density at radius 1 is 0.467 bits per heavy atom. The van der Waals surface area contributed by atoms with Crippen molar-refractivity contribution in [3.05, 3.63) is 148 Å². The van der Waals surface area contributed by atoms with Crippen molar-refractivity contribution < 1.29 is 41.3 Å². The number of carbonyl (C=O) groups excluding carboxylic acids is 1. The van der Waals surface area contributed by atoms with E-state index in [1.54, 1.807) is 39.5 Å². The van der Waals surface area contributed by atoms with Gasteiger partial charge >= 0.3 is 12.3 Å². The molecule has 0 radical (unpaired) electrons. The number of ether oxygens (including phenoxy) is 4. The number of methoxy groups -OCH3 is 3. The predicted octanol–water partition coefficient (Wildman–Crippen LogP) is 20.5. The first-order chi connectivity index (χ1) is 50.8. The summed E-state index contributed by atoms with van der Waals surface area (Å²) in [7, 11) is 5.20. The molecule has 1 amide bonds. The second kappa shape index (κ2) is 34.6. The molecule has 5 saturated carbocycles. The standard InChI is InChI=1S/C32H41N3O3.C20H31NO.C19H24F3N.C19H26FNO/c1-5-38-31(36)35-26-11-12-27(35)20-28(19-26)34-16-14-23(15-17-34)29-18-24(8-13-30(29)37-4)22-6-9-25(10-7-22)32(2,3)21-33;1-15-12-16(2)14-18(13-15)21-10-8-17(9-11-21)19-6-4-5-7-20(19)22-3;20-19(21,22)17-4-2-1-3-16(17)14-7-9-23(10-8-14)18-12-13-5-6-15(18)11-13;1-22-19-12-16(20)4-5-17(19)14-6-8-21(9-7-14)18-11-13-2-3-15(18)10-13/h6-10,13,18,23,26-28H,5,11-12,14-17,19-20H2,1-4H3;4-7,15-18H,8-14H2,1-3H3;1-4,13-15,18H,5-12H2;4-5,12-15,18H,2-3,6-11H2,1H3/t;;13-,15-,18?;13-,15-,18+/m..00/s1. The maximum atomic E-state index is 13.4. The van der Waals surface area contributed by atoms with Gasteiger partial charge in [-0.05, 0) is 336 Å². The first kappa shape index (κ1) is 77.0. The van der Waals surface area contributed by atoms with Crippen LogP contribution in [0.3, 0.4) is 0 Å². The average Bonchev–Trinajstić information content (AvgIpc) is 1.69. The number of hydrogen-bond acceptors (Lipinski definition) is 10. The van der Waals surface area contributed by atoms with E-state index in [9.17, 15) is 27.6 Å². The molecule has 6 bridgehead atoms. The van der Waals surface area contributed by atoms with E-state index < -0.39 is 17.2 Å². The molecule has 6 saturated heterocycles. The number of fused-ring (bicyclic) bond motifs is 6. The lowest BCUT2D eigenvalue weighted by Gasteiger charge is -2.45. The largest absolute Gasteiger partial charge is 0.496 e. The molecular formula is C90H122F4N6O5. The summed E-state index contributed by atoms with van der Waals surface area (Å²) in [6.07, 6.45) is 24.4. The van der Waals surface area contributed by atoms with Gasteiger partial charge in [0.1, 0.15) is 23.1 Å². The second-order valence-electron chi connectivity index (χ2n) is 34.4. The van der Waals surface area contributed by atoms with Crippen LogP contribution in [0.1, 0.15) is 239 Å². The first-order valence-corrected chi connectivity index (χ1v) is 41.0. The molecule has 105 heavy (non-hydrogen) atoms. The fourth-order valence-corrected chi connectivity index (χ4v) is 22.2. The average molecular weight is 1440 g/mol. The van der Waals surface area contributed by atoms with E-state index >= 15 is 0 Å². The van der Waals surface area contributed by atoms with E-state index in [-0.39, 0.29) is 17.8 Å². The second-order valence-corrected chi connectivity index (χ2v) is 34.4. The van der Waals surface area contributed by atoms with Gasteiger partial charge in [-0.15, -0.1) is 0 Å². The zero-order valence-corrected chi connectivity index (χ0v) is 64.5. The summed E-state index contributed by atoms with van der Waals surface area (Å²) in [6.45, 7) is 20.1. The highest BCUT2D eigenvalue weighted by atomic mass is 19.4. The van der Waals surface area contributed by atoms with Crippen LogP contribution in [0, 0.1) is 52.7 Å². The fourth-order valence-electron chi connectivity index (χ4n) is 22.2. The molecule has 11 fully saturated rings. The number of likely N-dealkylation sites (tertiary alicyclic amines) is 4. The first-order valence-electron chi connectivity index (χ1n) is 41.0. The van der Waals surface area contributed by atoms with E-state index in [2.05, 4.69) is 106 Å². The number of carbonyl (C=O) groups is 1. The molecule has 5 unspecified atom stereocenters. The van der Waals surface area contributed by atoms with E-state index in [0.717, 1.165) is 154 Å². The number of rotatable bonds is 14. The van der Waals surface area contributed by atoms with Crippen LogP contribution < -0.4 is 14.2 Å². The highest BCUT2D eigenvalue weighted by Crippen LogP contribution is 2.51. The van der Waals surface area contributed by atoms with Crippen LogP contribution in [-0.2, 0) is 16.3 Å². The molecule has 0 N–H and O–H groups in total. The summed E-state index contributed by atoms with van der Waals surface area (Å²) in [6, 6.07) is 40.7. The Balaban J connectivity index is 0.000000128. The van der Waals surface area contributed by atoms with Crippen molar-refractivity contribution in [2.45, 2.75) is 254 Å². The van der Waals surface area contributed by atoms with Crippen molar-refractivity contribution in [1.82, 2.24) is 24.5 Å². The van der Waals surface area contributed by atoms with Crippen molar-refractivity contribution in [1.29, 1.82) is 5.26 Å². The van der Waals surface area contributed by atoms with Gasteiger partial charge in [0.25, 0.3) is 0 Å². The van der Waals surface area contributed by atoms with Crippen LogP contribution in [0.5, 0.6) is 17.2 Å². The highest BCUT2D eigenvalue weighted by molar-refractivity contribution is 5.69. The predicted molar refractivity (Wildman–Crippen MR) is 412 cm³/mol. The molecule has 10 atom stereocenters. The minimum absolute atomic E-state index is 0.0580. The lowest BCUT2D eigenvalue weighted by atomic mass is 9.78. The fraction of sp³-hybridized carbons (Fsp3) is 0.644.